The SMILES string of the molecule is Cc1ccc(S(=O)(=O)N2C(c3ccc(F)cc3)CCC2c2nnn(C)n2)cc1. The predicted molar refractivity (Wildman–Crippen MR) is 100 cm³/mol. The third-order valence-electron chi connectivity index (χ3n) is 5.00. The lowest BCUT2D eigenvalue weighted by Gasteiger charge is -2.28. The van der Waals surface area contributed by atoms with Gasteiger partial charge in [0, 0.05) is 0 Å². The Morgan fingerprint density at radius 1 is 1.00 bits per heavy atom. The van der Waals surface area contributed by atoms with Gasteiger partial charge in [-0.1, -0.05) is 29.8 Å². The van der Waals surface area contributed by atoms with E-state index < -0.39 is 22.1 Å². The third-order valence-corrected chi connectivity index (χ3v) is 6.93. The topological polar surface area (TPSA) is 81.0 Å². The van der Waals surface area contributed by atoms with Crippen molar-refractivity contribution < 1.29 is 12.8 Å². The highest BCUT2D eigenvalue weighted by atomic mass is 32.2. The minimum Gasteiger partial charge on any atom is -0.207 e. The molecule has 0 bridgehead atoms. The number of tetrazole rings is 1. The molecule has 1 aromatic heterocycles. The predicted octanol–water partition coefficient (Wildman–Crippen LogP) is 2.92. The molecular weight excluding hydrogens is 381 g/mol. The zero-order valence-corrected chi connectivity index (χ0v) is 16.3. The Hall–Kier alpha value is -2.65. The first-order valence-electron chi connectivity index (χ1n) is 8.96. The second-order valence-corrected chi connectivity index (χ2v) is 8.79. The second kappa shape index (κ2) is 7.06. The molecule has 1 aliphatic heterocycles. The number of halogens is 1. The summed E-state index contributed by atoms with van der Waals surface area (Å²) in [6.45, 7) is 1.90. The van der Waals surface area contributed by atoms with Crippen molar-refractivity contribution in [2.75, 3.05) is 0 Å². The van der Waals surface area contributed by atoms with Crippen LogP contribution in [0.3, 0.4) is 0 Å². The summed E-state index contributed by atoms with van der Waals surface area (Å²) in [6, 6.07) is 11.7. The van der Waals surface area contributed by atoms with E-state index in [0.717, 1.165) is 11.1 Å². The fourth-order valence-corrected chi connectivity index (χ4v) is 5.45. The smallest absolute Gasteiger partial charge is 0.207 e. The number of hydrogen-bond donors (Lipinski definition) is 0. The minimum absolute atomic E-state index is 0.209. The normalized spacial score (nSPS) is 20.5. The quantitative estimate of drug-likeness (QED) is 0.671. The summed E-state index contributed by atoms with van der Waals surface area (Å²) in [7, 11) is -2.19. The first kappa shape index (κ1) is 18.7. The van der Waals surface area contributed by atoms with Crippen LogP contribution >= 0.6 is 0 Å². The molecule has 0 saturated carbocycles. The molecule has 0 radical (unpaired) electrons. The van der Waals surface area contributed by atoms with Crippen molar-refractivity contribution in [1.82, 2.24) is 24.5 Å². The van der Waals surface area contributed by atoms with Gasteiger partial charge in [-0.05, 0) is 54.8 Å². The first-order valence-corrected chi connectivity index (χ1v) is 10.4. The Balaban J connectivity index is 1.81. The average molecular weight is 401 g/mol. The van der Waals surface area contributed by atoms with Crippen molar-refractivity contribution in [3.63, 3.8) is 0 Å². The molecule has 0 spiro atoms. The molecule has 1 fully saturated rings. The van der Waals surface area contributed by atoms with Gasteiger partial charge in [-0.3, -0.25) is 0 Å². The fraction of sp³-hybridized carbons (Fsp3) is 0.316. The van der Waals surface area contributed by atoms with Gasteiger partial charge in [0.25, 0.3) is 0 Å². The fourth-order valence-electron chi connectivity index (χ4n) is 3.63. The molecule has 7 nitrogen and oxygen atoms in total. The van der Waals surface area contributed by atoms with Gasteiger partial charge in [0.05, 0.1) is 24.0 Å². The highest BCUT2D eigenvalue weighted by Crippen LogP contribution is 2.46. The van der Waals surface area contributed by atoms with Gasteiger partial charge in [0.2, 0.25) is 10.0 Å². The van der Waals surface area contributed by atoms with Crippen LogP contribution in [0.4, 0.5) is 4.39 Å². The summed E-state index contributed by atoms with van der Waals surface area (Å²) >= 11 is 0. The Morgan fingerprint density at radius 3 is 2.25 bits per heavy atom. The number of aryl methyl sites for hydroxylation is 2. The Bertz CT molecular complexity index is 1080. The standard InChI is InChI=1S/C19H20FN5O2S/c1-13-3-9-16(10-4-13)28(26,27)25-17(14-5-7-15(20)8-6-14)11-12-18(25)19-21-23-24(2)22-19/h3-10,17-18H,11-12H2,1-2H3. The van der Waals surface area contributed by atoms with Gasteiger partial charge >= 0.3 is 0 Å². The number of hydrogen-bond acceptors (Lipinski definition) is 5. The van der Waals surface area contributed by atoms with Gasteiger partial charge in [-0.15, -0.1) is 10.2 Å². The second-order valence-electron chi connectivity index (χ2n) is 6.95. The van der Waals surface area contributed by atoms with Crippen LogP contribution in [-0.4, -0.2) is 32.9 Å². The zero-order chi connectivity index (χ0) is 19.9. The molecule has 146 valence electrons. The van der Waals surface area contributed by atoms with Crippen LogP contribution in [0.25, 0.3) is 0 Å². The van der Waals surface area contributed by atoms with E-state index in [1.807, 2.05) is 6.92 Å². The molecule has 1 saturated heterocycles. The average Bonchev–Trinajstić information content (AvgIpc) is 3.29. The van der Waals surface area contributed by atoms with E-state index in [0.29, 0.717) is 18.7 Å². The molecule has 2 aromatic carbocycles. The van der Waals surface area contributed by atoms with E-state index in [1.165, 1.54) is 21.2 Å². The zero-order valence-electron chi connectivity index (χ0n) is 15.5. The highest BCUT2D eigenvalue weighted by molar-refractivity contribution is 7.89. The van der Waals surface area contributed by atoms with Gasteiger partial charge in [0.15, 0.2) is 5.82 Å². The summed E-state index contributed by atoms with van der Waals surface area (Å²) in [5.74, 6) is 0.00429. The molecule has 1 aliphatic rings. The largest absolute Gasteiger partial charge is 0.244 e. The van der Waals surface area contributed by atoms with Crippen LogP contribution in [0.1, 0.15) is 41.9 Å². The maximum absolute atomic E-state index is 13.6. The van der Waals surface area contributed by atoms with Crippen LogP contribution < -0.4 is 0 Å². The number of sulfonamides is 1. The van der Waals surface area contributed by atoms with Gasteiger partial charge in [-0.2, -0.15) is 9.10 Å². The van der Waals surface area contributed by atoms with Crippen molar-refractivity contribution >= 4 is 10.0 Å². The molecule has 0 aliphatic carbocycles. The summed E-state index contributed by atoms with van der Waals surface area (Å²) in [4.78, 5) is 1.53. The number of benzene rings is 2. The van der Waals surface area contributed by atoms with Crippen LogP contribution in [0, 0.1) is 12.7 Å². The summed E-state index contributed by atoms with van der Waals surface area (Å²) in [6.07, 6.45) is 1.14. The minimum atomic E-state index is -3.83. The molecule has 0 amide bonds. The van der Waals surface area contributed by atoms with Crippen LogP contribution in [0.2, 0.25) is 0 Å². The van der Waals surface area contributed by atoms with Gasteiger partial charge in [-0.25, -0.2) is 12.8 Å². The van der Waals surface area contributed by atoms with E-state index >= 15 is 0 Å². The molecule has 4 rings (SSSR count). The van der Waals surface area contributed by atoms with Crippen LogP contribution in [0.15, 0.2) is 53.4 Å². The summed E-state index contributed by atoms with van der Waals surface area (Å²) in [5, 5.41) is 12.1. The summed E-state index contributed by atoms with van der Waals surface area (Å²) < 4.78 is 41.9. The maximum atomic E-state index is 13.6. The van der Waals surface area contributed by atoms with E-state index in [1.54, 1.807) is 43.4 Å². The van der Waals surface area contributed by atoms with Crippen molar-refractivity contribution in [1.29, 1.82) is 0 Å². The van der Waals surface area contributed by atoms with E-state index in [-0.39, 0.29) is 10.7 Å². The molecule has 2 heterocycles. The molecular formula is C19H20FN5O2S. The summed E-state index contributed by atoms with van der Waals surface area (Å²) in [5.41, 5.74) is 1.71. The molecule has 9 heteroatoms. The van der Waals surface area contributed by atoms with E-state index in [4.69, 9.17) is 0 Å². The molecule has 28 heavy (non-hydrogen) atoms. The Labute approximate surface area is 162 Å². The lowest BCUT2D eigenvalue weighted by Crippen LogP contribution is -2.33. The number of rotatable bonds is 4. The lowest BCUT2D eigenvalue weighted by molar-refractivity contribution is 0.320. The third kappa shape index (κ3) is 3.31. The van der Waals surface area contributed by atoms with Crippen molar-refractivity contribution in [3.8, 4) is 0 Å². The van der Waals surface area contributed by atoms with Crippen molar-refractivity contribution in [2.45, 2.75) is 36.7 Å². The maximum Gasteiger partial charge on any atom is 0.244 e. The van der Waals surface area contributed by atoms with Crippen molar-refractivity contribution in [2.24, 2.45) is 7.05 Å². The highest BCUT2D eigenvalue weighted by Gasteiger charge is 2.45. The molecule has 3 aromatic rings. The molecule has 2 atom stereocenters. The monoisotopic (exact) mass is 401 g/mol. The van der Waals surface area contributed by atoms with E-state index in [9.17, 15) is 12.8 Å². The first-order chi connectivity index (χ1) is 13.4. The van der Waals surface area contributed by atoms with Crippen molar-refractivity contribution in [3.05, 3.63) is 71.3 Å². The number of aromatic nitrogens is 4. The number of nitrogens with zero attached hydrogens (tertiary/aromatic N) is 5. The van der Waals surface area contributed by atoms with Gasteiger partial charge < -0.3 is 0 Å². The van der Waals surface area contributed by atoms with Crippen LogP contribution in [-0.2, 0) is 17.1 Å². The van der Waals surface area contributed by atoms with Gasteiger partial charge in [0.1, 0.15) is 5.82 Å². The Morgan fingerprint density at radius 2 is 1.64 bits per heavy atom. The molecule has 2 unspecified atom stereocenters. The molecule has 0 N–H and O–H groups in total. The lowest BCUT2D eigenvalue weighted by atomic mass is 10.1. The van der Waals surface area contributed by atoms with Crippen LogP contribution in [0.5, 0.6) is 0 Å². The van der Waals surface area contributed by atoms with E-state index in [2.05, 4.69) is 15.4 Å². The Kier molecular flexibility index (Phi) is 4.72.